The summed E-state index contributed by atoms with van der Waals surface area (Å²) in [7, 11) is 0. The first kappa shape index (κ1) is 12.8. The molecule has 0 bridgehead atoms. The third-order valence-corrected chi connectivity index (χ3v) is 18.9. The van der Waals surface area contributed by atoms with Gasteiger partial charge >= 0.3 is 87.3 Å². The summed E-state index contributed by atoms with van der Waals surface area (Å²) >= 11 is -2.17. The number of hydrogen-bond donors (Lipinski definition) is 0. The van der Waals surface area contributed by atoms with E-state index in [1.165, 1.54) is 16.7 Å². The predicted octanol–water partition coefficient (Wildman–Crippen LogP) is 4.56. The van der Waals surface area contributed by atoms with Gasteiger partial charge in [-0.15, -0.1) is 0 Å². The number of allylic oxidation sites excluding steroid dienone is 4. The predicted molar refractivity (Wildman–Crippen MR) is 60.0 cm³/mol. The molecule has 0 aliphatic rings. The van der Waals surface area contributed by atoms with Crippen molar-refractivity contribution in [2.24, 2.45) is 0 Å². The monoisotopic (exact) mass is 344 g/mol. The first-order valence-electron chi connectivity index (χ1n) is 4.68. The average Bonchev–Trinajstić information content (AvgIpc) is 2.06. The second-order valence-corrected chi connectivity index (χ2v) is 20.1. The van der Waals surface area contributed by atoms with Crippen LogP contribution in [0.2, 0.25) is 16.7 Å². The topological polar surface area (TPSA) is 0 Å². The first-order chi connectivity index (χ1) is 6.24. The number of rotatable bonds is 8. The zero-order chi connectivity index (χ0) is 10.2. The molecule has 0 nitrogen and oxygen atoms in total. The van der Waals surface area contributed by atoms with Gasteiger partial charge in [0.05, 0.1) is 0 Å². The van der Waals surface area contributed by atoms with Crippen molar-refractivity contribution in [1.82, 2.24) is 0 Å². The first-order valence-corrected chi connectivity index (χ1v) is 14.8. The van der Waals surface area contributed by atoms with E-state index in [0.717, 1.165) is 0 Å². The van der Waals surface area contributed by atoms with Gasteiger partial charge in [-0.05, 0) is 0 Å². The maximum atomic E-state index is 3.84. The summed E-state index contributed by atoms with van der Waals surface area (Å²) in [6.07, 6.45) is 8.27. The van der Waals surface area contributed by atoms with Gasteiger partial charge in [0.25, 0.3) is 0 Å². The quantitative estimate of drug-likeness (QED) is 0.448. The van der Waals surface area contributed by atoms with E-state index in [1.807, 2.05) is 0 Å². The molecule has 13 heavy (non-hydrogen) atoms. The molecule has 0 saturated carbocycles. The van der Waals surface area contributed by atoms with Gasteiger partial charge < -0.3 is 0 Å². The van der Waals surface area contributed by atoms with Gasteiger partial charge in [-0.3, -0.25) is 0 Å². The van der Waals surface area contributed by atoms with Crippen molar-refractivity contribution < 1.29 is 20.0 Å². The molecule has 0 aromatic carbocycles. The zero-order valence-corrected chi connectivity index (χ0v) is 12.1. The molecular weight excluding hydrogens is 323 g/mol. The Balaban J connectivity index is 4.53. The van der Waals surface area contributed by atoms with E-state index in [-0.39, 0.29) is 0 Å². The molecule has 0 amide bonds. The Morgan fingerprint density at radius 3 is 1.00 bits per heavy atom. The van der Waals surface area contributed by atoms with Gasteiger partial charge in [0.1, 0.15) is 0 Å². The number of hydrogen-bond acceptors (Lipinski definition) is 0. The van der Waals surface area contributed by atoms with E-state index in [2.05, 4.69) is 50.6 Å². The Morgan fingerprint density at radius 2 is 0.846 bits per heavy atom. The van der Waals surface area contributed by atoms with Crippen LogP contribution in [0.15, 0.2) is 50.6 Å². The molecule has 0 rings (SSSR count). The van der Waals surface area contributed by atoms with Gasteiger partial charge in [-0.1, -0.05) is 0 Å². The molecule has 72 valence electrons. The van der Waals surface area contributed by atoms with Crippen LogP contribution in [0, 0.1) is 0 Å². The van der Waals surface area contributed by atoms with Crippen LogP contribution in [0.5, 0.6) is 0 Å². The van der Waals surface area contributed by atoms with Crippen LogP contribution in [-0.4, -0.2) is 0 Å². The van der Waals surface area contributed by atoms with Crippen molar-refractivity contribution in [3.8, 4) is 0 Å². The molecule has 0 aliphatic heterocycles. The SMILES string of the molecule is C=C[CH2][Hf]([CH2]C=C)([CH2]C=C)[CH2]C=C. The summed E-state index contributed by atoms with van der Waals surface area (Å²) in [5.74, 6) is 0. The van der Waals surface area contributed by atoms with Crippen LogP contribution in [0.3, 0.4) is 0 Å². The Kier molecular flexibility index (Phi) is 7.16. The molecule has 0 aromatic heterocycles. The van der Waals surface area contributed by atoms with Crippen molar-refractivity contribution in [3.05, 3.63) is 50.6 Å². The molecular formula is C12H20Hf. The molecule has 1 heteroatoms. The second kappa shape index (κ2) is 7.25. The van der Waals surface area contributed by atoms with Gasteiger partial charge in [-0.25, -0.2) is 0 Å². The summed E-state index contributed by atoms with van der Waals surface area (Å²) < 4.78 is 4.88. The Hall–Kier alpha value is -0.170. The normalized spacial score (nSPS) is 10.5. The van der Waals surface area contributed by atoms with Crippen molar-refractivity contribution in [2.45, 2.75) is 16.7 Å². The Bertz CT molecular complexity index is 146. The van der Waals surface area contributed by atoms with E-state index < -0.39 is 20.0 Å². The maximum absolute atomic E-state index is 3.84. The van der Waals surface area contributed by atoms with Crippen molar-refractivity contribution in [2.75, 3.05) is 0 Å². The van der Waals surface area contributed by atoms with Crippen LogP contribution in [-0.2, 0) is 20.0 Å². The summed E-state index contributed by atoms with van der Waals surface area (Å²) in [4.78, 5) is 0. The van der Waals surface area contributed by atoms with Gasteiger partial charge in [0.2, 0.25) is 0 Å². The van der Waals surface area contributed by atoms with Crippen molar-refractivity contribution in [1.29, 1.82) is 0 Å². The van der Waals surface area contributed by atoms with Crippen LogP contribution in [0.25, 0.3) is 0 Å². The second-order valence-electron chi connectivity index (χ2n) is 3.47. The Labute approximate surface area is 87.1 Å². The fourth-order valence-corrected chi connectivity index (χ4v) is 14.1. The van der Waals surface area contributed by atoms with Gasteiger partial charge in [0.15, 0.2) is 0 Å². The van der Waals surface area contributed by atoms with E-state index in [0.29, 0.717) is 0 Å². The van der Waals surface area contributed by atoms with Gasteiger partial charge in [0, 0.05) is 0 Å². The minimum atomic E-state index is -2.17. The summed E-state index contributed by atoms with van der Waals surface area (Å²) in [6, 6.07) is 0. The Morgan fingerprint density at radius 1 is 0.615 bits per heavy atom. The molecule has 0 unspecified atom stereocenters. The molecule has 0 aromatic rings. The van der Waals surface area contributed by atoms with E-state index in [9.17, 15) is 0 Å². The van der Waals surface area contributed by atoms with Crippen LogP contribution < -0.4 is 0 Å². The third-order valence-electron chi connectivity index (χ3n) is 2.31. The van der Waals surface area contributed by atoms with E-state index in [1.54, 1.807) is 0 Å². The molecule has 0 saturated heterocycles. The molecule has 0 spiro atoms. The fourth-order valence-electron chi connectivity index (χ4n) is 1.72. The van der Waals surface area contributed by atoms with E-state index in [4.69, 9.17) is 0 Å². The van der Waals surface area contributed by atoms with Crippen LogP contribution >= 0.6 is 0 Å². The van der Waals surface area contributed by atoms with Crippen LogP contribution in [0.4, 0.5) is 0 Å². The summed E-state index contributed by atoms with van der Waals surface area (Å²) in [6.45, 7) is 15.4. The zero-order valence-electron chi connectivity index (χ0n) is 8.47. The molecule has 0 atom stereocenters. The molecule has 0 radical (unpaired) electrons. The summed E-state index contributed by atoms with van der Waals surface area (Å²) in [5, 5.41) is 0. The molecule has 0 fully saturated rings. The minimum absolute atomic E-state index is 1.22. The van der Waals surface area contributed by atoms with Gasteiger partial charge in [-0.2, -0.15) is 0 Å². The third kappa shape index (κ3) is 4.56. The van der Waals surface area contributed by atoms with Crippen LogP contribution in [0.1, 0.15) is 0 Å². The van der Waals surface area contributed by atoms with Crippen molar-refractivity contribution in [3.63, 3.8) is 0 Å². The standard InChI is InChI=1S/4C3H5.Hf/c4*1-3-2;/h4*3H,1-2H2;. The molecule has 0 aliphatic carbocycles. The fraction of sp³-hybridized carbons (Fsp3) is 0.333. The van der Waals surface area contributed by atoms with E-state index >= 15 is 0 Å². The molecule has 0 heterocycles. The summed E-state index contributed by atoms with van der Waals surface area (Å²) in [5.41, 5.74) is 0. The molecule has 0 N–H and O–H groups in total. The average molecular weight is 343 g/mol. The van der Waals surface area contributed by atoms with Crippen molar-refractivity contribution >= 4 is 0 Å².